The molecular formula is C12H18N2O. The SMILES string of the molecule is CCN1CCC(OCc2cccnc2)C1. The number of ether oxygens (including phenoxy) is 1. The van der Waals surface area contributed by atoms with Crippen molar-refractivity contribution >= 4 is 0 Å². The number of hydrogen-bond donors (Lipinski definition) is 0. The third-order valence-electron chi connectivity index (χ3n) is 2.88. The molecule has 1 aliphatic rings. The Morgan fingerprint density at radius 3 is 3.20 bits per heavy atom. The highest BCUT2D eigenvalue weighted by molar-refractivity contribution is 5.06. The lowest BCUT2D eigenvalue weighted by atomic mass is 10.3. The predicted octanol–water partition coefficient (Wildman–Crippen LogP) is 1.69. The van der Waals surface area contributed by atoms with Crippen LogP contribution >= 0.6 is 0 Å². The van der Waals surface area contributed by atoms with Gasteiger partial charge in [-0.1, -0.05) is 13.0 Å². The van der Waals surface area contributed by atoms with E-state index in [1.54, 1.807) is 6.20 Å². The van der Waals surface area contributed by atoms with Crippen molar-refractivity contribution < 1.29 is 4.74 Å². The molecule has 0 radical (unpaired) electrons. The second-order valence-corrected chi connectivity index (χ2v) is 3.98. The van der Waals surface area contributed by atoms with Crippen LogP contribution in [-0.4, -0.2) is 35.6 Å². The predicted molar refractivity (Wildman–Crippen MR) is 59.5 cm³/mol. The third kappa shape index (κ3) is 3.01. The van der Waals surface area contributed by atoms with E-state index in [2.05, 4.69) is 22.9 Å². The van der Waals surface area contributed by atoms with Crippen LogP contribution in [0.5, 0.6) is 0 Å². The summed E-state index contributed by atoms with van der Waals surface area (Å²) in [5.41, 5.74) is 1.16. The molecule has 3 nitrogen and oxygen atoms in total. The minimum absolute atomic E-state index is 0.408. The first-order valence-corrected chi connectivity index (χ1v) is 5.61. The van der Waals surface area contributed by atoms with Crippen LogP contribution in [0.1, 0.15) is 18.9 Å². The van der Waals surface area contributed by atoms with Crippen molar-refractivity contribution in [2.24, 2.45) is 0 Å². The second-order valence-electron chi connectivity index (χ2n) is 3.98. The lowest BCUT2D eigenvalue weighted by molar-refractivity contribution is 0.0469. The number of aromatic nitrogens is 1. The van der Waals surface area contributed by atoms with E-state index < -0.39 is 0 Å². The van der Waals surface area contributed by atoms with Crippen molar-refractivity contribution in [3.05, 3.63) is 30.1 Å². The quantitative estimate of drug-likeness (QED) is 0.749. The zero-order chi connectivity index (χ0) is 10.5. The standard InChI is InChI=1S/C12H18N2O/c1-2-14-7-5-12(9-14)15-10-11-4-3-6-13-8-11/h3-4,6,8,12H,2,5,7,9-10H2,1H3. The van der Waals surface area contributed by atoms with Gasteiger partial charge in [0.1, 0.15) is 0 Å². The minimum atomic E-state index is 0.408. The Morgan fingerprint density at radius 2 is 2.53 bits per heavy atom. The molecule has 0 spiro atoms. The molecule has 0 amide bonds. The molecule has 3 heteroatoms. The minimum Gasteiger partial charge on any atom is -0.372 e. The number of pyridine rings is 1. The van der Waals surface area contributed by atoms with E-state index in [0.717, 1.165) is 25.1 Å². The van der Waals surface area contributed by atoms with Gasteiger partial charge >= 0.3 is 0 Å². The second kappa shape index (κ2) is 5.24. The van der Waals surface area contributed by atoms with Crippen LogP contribution < -0.4 is 0 Å². The maximum Gasteiger partial charge on any atom is 0.0736 e. The van der Waals surface area contributed by atoms with Gasteiger partial charge in [-0.05, 0) is 24.6 Å². The fourth-order valence-corrected chi connectivity index (χ4v) is 1.92. The van der Waals surface area contributed by atoms with Gasteiger partial charge in [0.25, 0.3) is 0 Å². The summed E-state index contributed by atoms with van der Waals surface area (Å²) in [5.74, 6) is 0. The van der Waals surface area contributed by atoms with Crippen LogP contribution in [0.3, 0.4) is 0 Å². The van der Waals surface area contributed by atoms with E-state index in [4.69, 9.17) is 4.74 Å². The molecular weight excluding hydrogens is 188 g/mol. The molecule has 0 aromatic carbocycles. The van der Waals surface area contributed by atoms with E-state index in [9.17, 15) is 0 Å². The number of rotatable bonds is 4. The summed E-state index contributed by atoms with van der Waals surface area (Å²) in [4.78, 5) is 6.50. The van der Waals surface area contributed by atoms with Crippen LogP contribution in [0.4, 0.5) is 0 Å². The Balaban J connectivity index is 1.75. The molecule has 2 rings (SSSR count). The summed E-state index contributed by atoms with van der Waals surface area (Å²) in [6.45, 7) is 6.28. The van der Waals surface area contributed by atoms with Crippen molar-refractivity contribution in [3.63, 3.8) is 0 Å². The Labute approximate surface area is 91.1 Å². The third-order valence-corrected chi connectivity index (χ3v) is 2.88. The molecule has 0 aliphatic carbocycles. The normalized spacial score (nSPS) is 22.1. The van der Waals surface area contributed by atoms with Gasteiger partial charge in [0.15, 0.2) is 0 Å². The molecule has 0 bridgehead atoms. The van der Waals surface area contributed by atoms with Crippen LogP contribution in [0.15, 0.2) is 24.5 Å². The van der Waals surface area contributed by atoms with Crippen molar-refractivity contribution in [1.29, 1.82) is 0 Å². The summed E-state index contributed by atoms with van der Waals surface area (Å²) in [7, 11) is 0. The molecule has 15 heavy (non-hydrogen) atoms. The van der Waals surface area contributed by atoms with Gasteiger partial charge in [-0.2, -0.15) is 0 Å². The fourth-order valence-electron chi connectivity index (χ4n) is 1.92. The van der Waals surface area contributed by atoms with Gasteiger partial charge in [-0.15, -0.1) is 0 Å². The highest BCUT2D eigenvalue weighted by Gasteiger charge is 2.21. The molecule has 0 N–H and O–H groups in total. The highest BCUT2D eigenvalue weighted by Crippen LogP contribution is 2.13. The van der Waals surface area contributed by atoms with Gasteiger partial charge < -0.3 is 9.64 Å². The molecule has 1 aromatic rings. The van der Waals surface area contributed by atoms with Crippen LogP contribution in [0.2, 0.25) is 0 Å². The average Bonchev–Trinajstić information content (AvgIpc) is 2.76. The largest absolute Gasteiger partial charge is 0.372 e. The van der Waals surface area contributed by atoms with Crippen LogP contribution in [0, 0.1) is 0 Å². The summed E-state index contributed by atoms with van der Waals surface area (Å²) in [6, 6.07) is 4.01. The molecule has 1 atom stereocenters. The van der Waals surface area contributed by atoms with E-state index >= 15 is 0 Å². The van der Waals surface area contributed by atoms with E-state index in [1.165, 1.54) is 6.54 Å². The van der Waals surface area contributed by atoms with Crippen LogP contribution in [0.25, 0.3) is 0 Å². The van der Waals surface area contributed by atoms with Gasteiger partial charge in [0.2, 0.25) is 0 Å². The zero-order valence-electron chi connectivity index (χ0n) is 9.22. The lowest BCUT2D eigenvalue weighted by Crippen LogP contribution is -2.22. The van der Waals surface area contributed by atoms with Crippen molar-refractivity contribution in [3.8, 4) is 0 Å². The number of likely N-dealkylation sites (tertiary alicyclic amines) is 1. The molecule has 1 fully saturated rings. The van der Waals surface area contributed by atoms with E-state index in [0.29, 0.717) is 12.7 Å². The zero-order valence-corrected chi connectivity index (χ0v) is 9.22. The van der Waals surface area contributed by atoms with Gasteiger partial charge in [-0.25, -0.2) is 0 Å². The van der Waals surface area contributed by atoms with Crippen molar-refractivity contribution in [1.82, 2.24) is 9.88 Å². The number of hydrogen-bond acceptors (Lipinski definition) is 3. The molecule has 1 saturated heterocycles. The molecule has 1 aromatic heterocycles. The molecule has 0 saturated carbocycles. The fraction of sp³-hybridized carbons (Fsp3) is 0.583. The van der Waals surface area contributed by atoms with Crippen molar-refractivity contribution in [2.45, 2.75) is 26.1 Å². The van der Waals surface area contributed by atoms with Crippen molar-refractivity contribution in [2.75, 3.05) is 19.6 Å². The maximum absolute atomic E-state index is 5.84. The summed E-state index contributed by atoms with van der Waals surface area (Å²) in [5, 5.41) is 0. The Kier molecular flexibility index (Phi) is 3.69. The maximum atomic E-state index is 5.84. The highest BCUT2D eigenvalue weighted by atomic mass is 16.5. The molecule has 1 unspecified atom stereocenters. The molecule has 82 valence electrons. The Hall–Kier alpha value is -0.930. The number of nitrogens with zero attached hydrogens (tertiary/aromatic N) is 2. The first-order chi connectivity index (χ1) is 7.38. The Morgan fingerprint density at radius 1 is 1.60 bits per heavy atom. The summed E-state index contributed by atoms with van der Waals surface area (Å²) >= 11 is 0. The first kappa shape index (κ1) is 10.6. The van der Waals surface area contributed by atoms with Gasteiger partial charge in [0, 0.05) is 25.5 Å². The van der Waals surface area contributed by atoms with Gasteiger partial charge in [-0.3, -0.25) is 4.98 Å². The monoisotopic (exact) mass is 206 g/mol. The summed E-state index contributed by atoms with van der Waals surface area (Å²) < 4.78 is 5.84. The summed E-state index contributed by atoms with van der Waals surface area (Å²) in [6.07, 6.45) is 5.23. The lowest BCUT2D eigenvalue weighted by Gasteiger charge is -2.13. The van der Waals surface area contributed by atoms with E-state index in [-0.39, 0.29) is 0 Å². The first-order valence-electron chi connectivity index (χ1n) is 5.61. The smallest absolute Gasteiger partial charge is 0.0736 e. The van der Waals surface area contributed by atoms with E-state index in [1.807, 2.05) is 12.3 Å². The topological polar surface area (TPSA) is 25.4 Å². The molecule has 2 heterocycles. The van der Waals surface area contributed by atoms with Gasteiger partial charge in [0.05, 0.1) is 12.7 Å². The Bertz CT molecular complexity index is 289. The molecule has 1 aliphatic heterocycles. The van der Waals surface area contributed by atoms with Crippen LogP contribution in [-0.2, 0) is 11.3 Å². The number of likely N-dealkylation sites (N-methyl/N-ethyl adjacent to an activating group) is 1. The average molecular weight is 206 g/mol.